The zero-order chi connectivity index (χ0) is 14.5. The van der Waals surface area contributed by atoms with Crippen LogP contribution >= 0.6 is 0 Å². The maximum absolute atomic E-state index is 11.4. The molecule has 1 fully saturated rings. The molecule has 0 aromatic carbocycles. The summed E-state index contributed by atoms with van der Waals surface area (Å²) in [7, 11) is 0. The minimum Gasteiger partial charge on any atom is -0.449 e. The molecule has 116 valence electrons. The Labute approximate surface area is 122 Å². The summed E-state index contributed by atoms with van der Waals surface area (Å²) in [5.74, 6) is 0. The Bertz CT molecular complexity index is 268. The highest BCUT2D eigenvalue weighted by molar-refractivity contribution is 5.68. The van der Waals surface area contributed by atoms with E-state index in [-0.39, 0.29) is 6.09 Å². The number of nitrogens with zero attached hydrogens (tertiary/aromatic N) is 1. The highest BCUT2D eigenvalue weighted by Crippen LogP contribution is 2.11. The summed E-state index contributed by atoms with van der Waals surface area (Å²) in [5, 5.41) is 0. The van der Waals surface area contributed by atoms with E-state index >= 15 is 0 Å². The smallest absolute Gasteiger partial charge is 0.409 e. The van der Waals surface area contributed by atoms with Gasteiger partial charge in [-0.05, 0) is 19.3 Å². The van der Waals surface area contributed by atoms with Gasteiger partial charge in [-0.25, -0.2) is 4.79 Å². The quantitative estimate of drug-likeness (QED) is 0.403. The van der Waals surface area contributed by atoms with Gasteiger partial charge in [-0.2, -0.15) is 0 Å². The zero-order valence-corrected chi connectivity index (χ0v) is 12.6. The van der Waals surface area contributed by atoms with Crippen molar-refractivity contribution >= 4 is 12.4 Å². The molecule has 0 radical (unpaired) electrons. The predicted octanol–water partition coefficient (Wildman–Crippen LogP) is 3.93. The lowest BCUT2D eigenvalue weighted by atomic mass is 10.1. The van der Waals surface area contributed by atoms with Crippen LogP contribution in [-0.4, -0.2) is 37.0 Å². The van der Waals surface area contributed by atoms with E-state index in [1.165, 1.54) is 44.9 Å². The Morgan fingerprint density at radius 2 is 1.55 bits per heavy atom. The number of hydrogen-bond donors (Lipinski definition) is 0. The van der Waals surface area contributed by atoms with Crippen LogP contribution < -0.4 is 0 Å². The molecule has 0 aromatic heterocycles. The SMILES string of the molecule is O=CCCCCCCCCCCCN1CCCOC1=O. The van der Waals surface area contributed by atoms with Gasteiger partial charge in [-0.1, -0.05) is 44.9 Å². The number of rotatable bonds is 12. The topological polar surface area (TPSA) is 46.6 Å². The van der Waals surface area contributed by atoms with Crippen LogP contribution in [0.15, 0.2) is 0 Å². The number of cyclic esters (lactones) is 1. The van der Waals surface area contributed by atoms with Gasteiger partial charge in [0.1, 0.15) is 6.29 Å². The van der Waals surface area contributed by atoms with Crippen LogP contribution in [0.2, 0.25) is 0 Å². The third-order valence-electron chi connectivity index (χ3n) is 3.81. The summed E-state index contributed by atoms with van der Waals surface area (Å²) in [4.78, 5) is 23.4. The van der Waals surface area contributed by atoms with Gasteiger partial charge in [0.2, 0.25) is 0 Å². The third kappa shape index (κ3) is 8.18. The van der Waals surface area contributed by atoms with Gasteiger partial charge >= 0.3 is 6.09 Å². The number of carbonyl (C=O) groups is 2. The van der Waals surface area contributed by atoms with Gasteiger partial charge in [-0.15, -0.1) is 0 Å². The Hall–Kier alpha value is -1.06. The van der Waals surface area contributed by atoms with Crippen LogP contribution in [-0.2, 0) is 9.53 Å². The number of amides is 1. The monoisotopic (exact) mass is 283 g/mol. The number of aldehydes is 1. The Morgan fingerprint density at radius 3 is 2.15 bits per heavy atom. The normalized spacial score (nSPS) is 15.2. The average molecular weight is 283 g/mol. The highest BCUT2D eigenvalue weighted by atomic mass is 16.6. The maximum atomic E-state index is 11.4. The average Bonchev–Trinajstić information content (AvgIpc) is 2.46. The van der Waals surface area contributed by atoms with E-state index < -0.39 is 0 Å². The summed E-state index contributed by atoms with van der Waals surface area (Å²) in [6.07, 6.45) is 13.5. The molecule has 0 aromatic rings. The van der Waals surface area contributed by atoms with Crippen molar-refractivity contribution in [3.8, 4) is 0 Å². The van der Waals surface area contributed by atoms with Crippen molar-refractivity contribution < 1.29 is 14.3 Å². The molecule has 20 heavy (non-hydrogen) atoms. The van der Waals surface area contributed by atoms with Crippen LogP contribution in [0.4, 0.5) is 4.79 Å². The lowest BCUT2D eigenvalue weighted by molar-refractivity contribution is -0.107. The first-order valence-electron chi connectivity index (χ1n) is 8.20. The molecule has 0 spiro atoms. The first-order valence-corrected chi connectivity index (χ1v) is 8.20. The van der Waals surface area contributed by atoms with Gasteiger partial charge in [-0.3, -0.25) is 0 Å². The van der Waals surface area contributed by atoms with E-state index in [1.54, 1.807) is 0 Å². The van der Waals surface area contributed by atoms with E-state index in [4.69, 9.17) is 4.74 Å². The fourth-order valence-corrected chi connectivity index (χ4v) is 2.57. The lowest BCUT2D eigenvalue weighted by Gasteiger charge is -2.26. The summed E-state index contributed by atoms with van der Waals surface area (Å²) in [5.41, 5.74) is 0. The highest BCUT2D eigenvalue weighted by Gasteiger charge is 2.18. The van der Waals surface area contributed by atoms with E-state index in [2.05, 4.69) is 0 Å². The van der Waals surface area contributed by atoms with E-state index in [1.807, 2.05) is 4.90 Å². The number of carbonyl (C=O) groups excluding carboxylic acids is 2. The van der Waals surface area contributed by atoms with Crippen molar-refractivity contribution in [1.82, 2.24) is 4.90 Å². The molecule has 0 saturated carbocycles. The lowest BCUT2D eigenvalue weighted by Crippen LogP contribution is -2.38. The third-order valence-corrected chi connectivity index (χ3v) is 3.81. The van der Waals surface area contributed by atoms with Crippen LogP contribution in [0.5, 0.6) is 0 Å². The molecule has 1 amide bonds. The van der Waals surface area contributed by atoms with Crippen molar-refractivity contribution in [3.63, 3.8) is 0 Å². The second-order valence-corrected chi connectivity index (χ2v) is 5.59. The molecule has 0 N–H and O–H groups in total. The maximum Gasteiger partial charge on any atom is 0.409 e. The summed E-state index contributed by atoms with van der Waals surface area (Å²) in [6, 6.07) is 0. The Balaban J connectivity index is 1.80. The molecule has 0 unspecified atom stereocenters. The molecule has 0 aliphatic carbocycles. The zero-order valence-electron chi connectivity index (χ0n) is 12.6. The minimum atomic E-state index is -0.133. The van der Waals surface area contributed by atoms with Crippen LogP contribution in [0, 0.1) is 0 Å². The van der Waals surface area contributed by atoms with Gasteiger partial charge < -0.3 is 14.4 Å². The molecule has 1 saturated heterocycles. The second kappa shape index (κ2) is 11.7. The van der Waals surface area contributed by atoms with E-state index in [9.17, 15) is 9.59 Å². The molecule has 1 heterocycles. The predicted molar refractivity (Wildman–Crippen MR) is 79.8 cm³/mol. The molecule has 4 nitrogen and oxygen atoms in total. The van der Waals surface area contributed by atoms with Crippen molar-refractivity contribution in [1.29, 1.82) is 0 Å². The van der Waals surface area contributed by atoms with E-state index in [0.29, 0.717) is 6.61 Å². The molecular weight excluding hydrogens is 254 g/mol. The van der Waals surface area contributed by atoms with Crippen molar-refractivity contribution in [2.75, 3.05) is 19.7 Å². The first-order chi connectivity index (χ1) is 9.84. The molecular formula is C16H29NO3. The fraction of sp³-hybridized carbons (Fsp3) is 0.875. The first kappa shape index (κ1) is 17.0. The van der Waals surface area contributed by atoms with Crippen molar-refractivity contribution in [2.45, 2.75) is 70.6 Å². The number of unbranched alkanes of at least 4 members (excludes halogenated alkanes) is 9. The summed E-state index contributed by atoms with van der Waals surface area (Å²) >= 11 is 0. The molecule has 1 rings (SSSR count). The molecule has 4 heteroatoms. The van der Waals surface area contributed by atoms with Gasteiger partial charge in [0.25, 0.3) is 0 Å². The molecule has 0 bridgehead atoms. The standard InChI is InChI=1S/C16H29NO3/c18-14-10-8-6-4-2-1-3-5-7-9-12-17-13-11-15-20-16(17)19/h14H,1-13,15H2. The van der Waals surface area contributed by atoms with Crippen molar-refractivity contribution in [3.05, 3.63) is 0 Å². The van der Waals surface area contributed by atoms with Crippen LogP contribution in [0.3, 0.4) is 0 Å². The Kier molecular flexibility index (Phi) is 9.98. The van der Waals surface area contributed by atoms with Gasteiger partial charge in [0.15, 0.2) is 0 Å². The summed E-state index contributed by atoms with van der Waals surface area (Å²) < 4.78 is 5.01. The second-order valence-electron chi connectivity index (χ2n) is 5.59. The number of ether oxygens (including phenoxy) is 1. The molecule has 1 aliphatic rings. The van der Waals surface area contributed by atoms with E-state index in [0.717, 1.165) is 45.1 Å². The minimum absolute atomic E-state index is 0.133. The summed E-state index contributed by atoms with van der Waals surface area (Å²) in [6.45, 7) is 2.30. The number of hydrogen-bond acceptors (Lipinski definition) is 3. The largest absolute Gasteiger partial charge is 0.449 e. The van der Waals surface area contributed by atoms with Crippen molar-refractivity contribution in [2.24, 2.45) is 0 Å². The van der Waals surface area contributed by atoms with Crippen LogP contribution in [0.25, 0.3) is 0 Å². The van der Waals surface area contributed by atoms with Crippen LogP contribution in [0.1, 0.15) is 70.6 Å². The fourth-order valence-electron chi connectivity index (χ4n) is 2.57. The molecule has 1 aliphatic heterocycles. The Morgan fingerprint density at radius 1 is 0.950 bits per heavy atom. The molecule has 0 atom stereocenters. The van der Waals surface area contributed by atoms with Gasteiger partial charge in [0.05, 0.1) is 6.61 Å². The van der Waals surface area contributed by atoms with Gasteiger partial charge in [0, 0.05) is 19.5 Å².